The van der Waals surface area contributed by atoms with Crippen molar-refractivity contribution in [3.63, 3.8) is 0 Å². The Morgan fingerprint density at radius 1 is 1.40 bits per heavy atom. The minimum absolute atomic E-state index is 0.190. The van der Waals surface area contributed by atoms with Gasteiger partial charge in [0.15, 0.2) is 11.6 Å². The molecule has 4 N–H and O–H groups in total. The third-order valence-electron chi connectivity index (χ3n) is 2.00. The van der Waals surface area contributed by atoms with Gasteiger partial charge in [0, 0.05) is 0 Å². The molecule has 0 amide bonds. The van der Waals surface area contributed by atoms with Crippen molar-refractivity contribution >= 4 is 0 Å². The summed E-state index contributed by atoms with van der Waals surface area (Å²) < 4.78 is 38.6. The Morgan fingerprint density at radius 3 is 2.47 bits per heavy atom. The van der Waals surface area contributed by atoms with Crippen LogP contribution in [-0.4, -0.2) is 22.7 Å². The number of nitrogens with two attached hydrogens (primary N) is 1. The summed E-state index contributed by atoms with van der Waals surface area (Å²) >= 11 is 0. The van der Waals surface area contributed by atoms with Crippen LogP contribution in [-0.2, 0) is 0 Å². The van der Waals surface area contributed by atoms with Crippen LogP contribution in [0.4, 0.5) is 13.2 Å². The number of benzene rings is 1. The zero-order chi connectivity index (χ0) is 11.6. The zero-order valence-corrected chi connectivity index (χ0v) is 7.62. The predicted molar refractivity (Wildman–Crippen MR) is 47.0 cm³/mol. The first-order valence-corrected chi connectivity index (χ1v) is 4.11. The summed E-state index contributed by atoms with van der Waals surface area (Å²) in [5.41, 5.74) is 4.95. The van der Waals surface area contributed by atoms with Crippen LogP contribution in [0.5, 0.6) is 5.75 Å². The van der Waals surface area contributed by atoms with Gasteiger partial charge in [0.05, 0.1) is 6.04 Å². The Balaban J connectivity index is 3.02. The van der Waals surface area contributed by atoms with Gasteiger partial charge in [-0.25, -0.2) is 13.2 Å². The highest BCUT2D eigenvalue weighted by Crippen LogP contribution is 2.30. The van der Waals surface area contributed by atoms with Crippen LogP contribution >= 0.6 is 0 Å². The van der Waals surface area contributed by atoms with Crippen molar-refractivity contribution in [3.8, 4) is 5.75 Å². The van der Waals surface area contributed by atoms with Crippen LogP contribution in [0, 0.1) is 5.82 Å². The monoisotopic (exact) mass is 221 g/mol. The van der Waals surface area contributed by atoms with Crippen molar-refractivity contribution < 1.29 is 23.4 Å². The van der Waals surface area contributed by atoms with Gasteiger partial charge in [-0.1, -0.05) is 6.07 Å². The van der Waals surface area contributed by atoms with Crippen molar-refractivity contribution in [1.82, 2.24) is 0 Å². The van der Waals surface area contributed by atoms with E-state index in [-0.39, 0.29) is 5.56 Å². The summed E-state index contributed by atoms with van der Waals surface area (Å²) in [6.07, 6.45) is 0. The van der Waals surface area contributed by atoms with Gasteiger partial charge in [-0.3, -0.25) is 0 Å². The van der Waals surface area contributed by atoms with Crippen molar-refractivity contribution in [2.45, 2.75) is 12.0 Å². The van der Waals surface area contributed by atoms with E-state index in [1.807, 2.05) is 0 Å². The van der Waals surface area contributed by atoms with Gasteiger partial charge in [-0.2, -0.15) is 0 Å². The summed E-state index contributed by atoms with van der Waals surface area (Å²) in [5, 5.41) is 17.2. The number of halogens is 3. The van der Waals surface area contributed by atoms with Gasteiger partial charge in [-0.15, -0.1) is 0 Å². The number of alkyl halides is 2. The largest absolute Gasteiger partial charge is 0.505 e. The van der Waals surface area contributed by atoms with Gasteiger partial charge in [-0.05, 0) is 17.7 Å². The highest BCUT2D eigenvalue weighted by atomic mass is 19.3. The molecule has 84 valence electrons. The molecule has 6 heteroatoms. The summed E-state index contributed by atoms with van der Waals surface area (Å²) in [6.45, 7) is -1.42. The third kappa shape index (κ3) is 2.40. The van der Waals surface area contributed by atoms with E-state index in [4.69, 9.17) is 15.9 Å². The minimum atomic E-state index is -3.52. The zero-order valence-electron chi connectivity index (χ0n) is 7.62. The maximum Gasteiger partial charge on any atom is 0.289 e. The molecule has 3 nitrogen and oxygen atoms in total. The second kappa shape index (κ2) is 4.08. The van der Waals surface area contributed by atoms with Crippen LogP contribution in [0.3, 0.4) is 0 Å². The van der Waals surface area contributed by atoms with Crippen molar-refractivity contribution in [2.24, 2.45) is 5.73 Å². The fourth-order valence-corrected chi connectivity index (χ4v) is 1.06. The molecule has 0 heterocycles. The third-order valence-corrected chi connectivity index (χ3v) is 2.00. The summed E-state index contributed by atoms with van der Waals surface area (Å²) in [7, 11) is 0. The molecule has 0 spiro atoms. The number of rotatable bonds is 3. The molecule has 0 fully saturated rings. The number of phenolic OH excluding ortho intramolecular Hbond substituents is 1. The quantitative estimate of drug-likeness (QED) is 0.717. The molecule has 0 aromatic heterocycles. The lowest BCUT2D eigenvalue weighted by Gasteiger charge is -2.21. The van der Waals surface area contributed by atoms with E-state index < -0.39 is 30.1 Å². The lowest BCUT2D eigenvalue weighted by molar-refractivity contribution is -0.0712. The average Bonchev–Trinajstić information content (AvgIpc) is 2.21. The molecule has 1 aromatic carbocycles. The molecule has 0 aliphatic carbocycles. The molecular formula is C9H10F3NO2. The summed E-state index contributed by atoms with van der Waals surface area (Å²) in [4.78, 5) is 0. The normalized spacial score (nSPS) is 13.9. The van der Waals surface area contributed by atoms with Gasteiger partial charge in [0.25, 0.3) is 5.92 Å². The Bertz CT molecular complexity index is 357. The van der Waals surface area contributed by atoms with E-state index in [1.54, 1.807) is 0 Å². The molecule has 0 radical (unpaired) electrons. The first-order valence-electron chi connectivity index (χ1n) is 4.11. The molecule has 1 rings (SSSR count). The van der Waals surface area contributed by atoms with E-state index in [0.29, 0.717) is 6.07 Å². The molecule has 0 saturated carbocycles. The Kier molecular flexibility index (Phi) is 3.21. The first-order chi connectivity index (χ1) is 6.88. The molecule has 0 aliphatic rings. The molecular weight excluding hydrogens is 211 g/mol. The fraction of sp³-hybridized carbons (Fsp3) is 0.333. The van der Waals surface area contributed by atoms with Gasteiger partial charge >= 0.3 is 0 Å². The Labute approximate surface area is 84.0 Å². The second-order valence-electron chi connectivity index (χ2n) is 3.11. The topological polar surface area (TPSA) is 66.5 Å². The van der Waals surface area contributed by atoms with Crippen LogP contribution in [0.15, 0.2) is 18.2 Å². The molecule has 0 unspecified atom stereocenters. The van der Waals surface area contributed by atoms with Crippen LogP contribution in [0.25, 0.3) is 0 Å². The van der Waals surface area contributed by atoms with Crippen LogP contribution in [0.2, 0.25) is 0 Å². The highest BCUT2D eigenvalue weighted by Gasteiger charge is 2.37. The number of aromatic hydroxyl groups is 1. The number of hydrogen-bond acceptors (Lipinski definition) is 3. The van der Waals surface area contributed by atoms with Crippen molar-refractivity contribution in [1.29, 1.82) is 0 Å². The van der Waals surface area contributed by atoms with E-state index in [0.717, 1.165) is 12.1 Å². The standard InChI is InChI=1S/C9H10F3NO2/c10-6-3-5(1-2-7(6)15)8(13)9(11,12)4-14/h1-3,8,14-15H,4,13H2/t8-/m0/s1. The van der Waals surface area contributed by atoms with Crippen LogP contribution in [0.1, 0.15) is 11.6 Å². The second-order valence-corrected chi connectivity index (χ2v) is 3.11. The smallest absolute Gasteiger partial charge is 0.289 e. The first kappa shape index (κ1) is 11.8. The molecule has 0 aliphatic heterocycles. The fourth-order valence-electron chi connectivity index (χ4n) is 1.06. The van der Waals surface area contributed by atoms with Gasteiger partial charge in [0.2, 0.25) is 0 Å². The molecule has 0 bridgehead atoms. The number of aliphatic hydroxyl groups is 1. The Morgan fingerprint density at radius 2 is 2.00 bits per heavy atom. The maximum absolute atomic E-state index is 12.9. The number of hydrogen-bond donors (Lipinski definition) is 3. The summed E-state index contributed by atoms with van der Waals surface area (Å²) in [5.74, 6) is -5.20. The lowest BCUT2D eigenvalue weighted by Crippen LogP contribution is -2.36. The maximum atomic E-state index is 12.9. The molecule has 1 atom stereocenters. The summed E-state index contributed by atoms with van der Waals surface area (Å²) in [6, 6.07) is 0.909. The van der Waals surface area contributed by atoms with Gasteiger partial charge < -0.3 is 15.9 Å². The molecule has 1 aromatic rings. The van der Waals surface area contributed by atoms with Crippen LogP contribution < -0.4 is 5.73 Å². The van der Waals surface area contributed by atoms with E-state index in [1.165, 1.54) is 0 Å². The van der Waals surface area contributed by atoms with E-state index in [2.05, 4.69) is 0 Å². The van der Waals surface area contributed by atoms with E-state index >= 15 is 0 Å². The number of aliphatic hydroxyl groups excluding tert-OH is 1. The van der Waals surface area contributed by atoms with Crippen molar-refractivity contribution in [2.75, 3.05) is 6.61 Å². The van der Waals surface area contributed by atoms with Gasteiger partial charge in [0.1, 0.15) is 6.61 Å². The highest BCUT2D eigenvalue weighted by molar-refractivity contribution is 5.30. The molecule has 0 saturated heterocycles. The lowest BCUT2D eigenvalue weighted by atomic mass is 10.0. The van der Waals surface area contributed by atoms with Crippen molar-refractivity contribution in [3.05, 3.63) is 29.6 Å². The predicted octanol–water partition coefficient (Wildman–Crippen LogP) is 1.16. The Hall–Kier alpha value is -1.27. The average molecular weight is 221 g/mol. The van der Waals surface area contributed by atoms with E-state index in [9.17, 15) is 13.2 Å². The number of phenols is 1. The SMILES string of the molecule is N[C@@H](c1ccc(O)c(F)c1)C(F)(F)CO. The minimum Gasteiger partial charge on any atom is -0.505 e. The molecule has 15 heavy (non-hydrogen) atoms.